The number of amides is 1. The molecule has 0 saturated heterocycles. The fourth-order valence-corrected chi connectivity index (χ4v) is 6.03. The topological polar surface area (TPSA) is 75.7 Å². The van der Waals surface area contributed by atoms with Crippen molar-refractivity contribution >= 4 is 56.6 Å². The summed E-state index contributed by atoms with van der Waals surface area (Å²) in [4.78, 5) is 12.6. The van der Waals surface area contributed by atoms with Crippen molar-refractivity contribution in [3.63, 3.8) is 0 Å². The van der Waals surface area contributed by atoms with Crippen LogP contribution in [0.1, 0.15) is 12.5 Å². The molecule has 0 radical (unpaired) electrons. The van der Waals surface area contributed by atoms with Crippen LogP contribution in [0.4, 0.5) is 10.1 Å². The molecule has 3 aromatic rings. The van der Waals surface area contributed by atoms with Gasteiger partial charge in [0.05, 0.1) is 17.2 Å². The van der Waals surface area contributed by atoms with Gasteiger partial charge in [-0.3, -0.25) is 9.10 Å². The van der Waals surface area contributed by atoms with Crippen LogP contribution in [0, 0.1) is 5.82 Å². The minimum atomic E-state index is -4.14. The van der Waals surface area contributed by atoms with Crippen LogP contribution in [-0.2, 0) is 20.6 Å². The van der Waals surface area contributed by atoms with Crippen LogP contribution in [-0.4, -0.2) is 39.8 Å². The summed E-state index contributed by atoms with van der Waals surface area (Å²) in [5, 5.41) is 3.90. The average molecular weight is 572 g/mol. The highest BCUT2D eigenvalue weighted by atomic mass is 35.5. The van der Waals surface area contributed by atoms with Gasteiger partial charge in [-0.15, -0.1) is 0 Å². The highest BCUT2D eigenvalue weighted by Gasteiger charge is 2.27. The van der Waals surface area contributed by atoms with E-state index in [2.05, 4.69) is 5.32 Å². The van der Waals surface area contributed by atoms with Crippen LogP contribution >= 0.6 is 35.0 Å². The van der Waals surface area contributed by atoms with E-state index in [4.69, 9.17) is 27.9 Å². The Kier molecular flexibility index (Phi) is 10.3. The molecule has 0 aliphatic rings. The number of nitrogens with one attached hydrogen (secondary N) is 1. The number of carbonyl (C=O) groups is 1. The monoisotopic (exact) mass is 570 g/mol. The van der Waals surface area contributed by atoms with Gasteiger partial charge < -0.3 is 10.1 Å². The molecule has 0 fully saturated rings. The lowest BCUT2D eigenvalue weighted by molar-refractivity contribution is -0.119. The first-order valence-corrected chi connectivity index (χ1v) is 14.4. The fourth-order valence-electron chi connectivity index (χ4n) is 3.19. The summed E-state index contributed by atoms with van der Waals surface area (Å²) in [5.74, 6) is 0.778. The first-order valence-electron chi connectivity index (χ1n) is 11.0. The average Bonchev–Trinajstić information content (AvgIpc) is 2.84. The van der Waals surface area contributed by atoms with Crippen LogP contribution in [0.3, 0.4) is 0 Å². The number of thioether (sulfide) groups is 1. The van der Waals surface area contributed by atoms with Crippen molar-refractivity contribution in [2.24, 2.45) is 0 Å². The number of hydrogen-bond acceptors (Lipinski definition) is 5. The van der Waals surface area contributed by atoms with Gasteiger partial charge in [0.15, 0.2) is 0 Å². The molecule has 0 unspecified atom stereocenters. The lowest BCUT2D eigenvalue weighted by Crippen LogP contribution is -2.41. The van der Waals surface area contributed by atoms with Gasteiger partial charge in [0.2, 0.25) is 5.91 Å². The number of nitrogens with zero attached hydrogens (tertiary/aromatic N) is 1. The Morgan fingerprint density at radius 3 is 2.39 bits per heavy atom. The maximum Gasteiger partial charge on any atom is 0.264 e. The number of rotatable bonds is 12. The molecule has 192 valence electrons. The minimum absolute atomic E-state index is 0.124. The largest absolute Gasteiger partial charge is 0.494 e. The number of sulfonamides is 1. The zero-order chi connectivity index (χ0) is 26.1. The Morgan fingerprint density at radius 2 is 1.75 bits per heavy atom. The highest BCUT2D eigenvalue weighted by molar-refractivity contribution is 7.98. The molecule has 3 aromatic carbocycles. The number of hydrogen-bond donors (Lipinski definition) is 1. The van der Waals surface area contributed by atoms with Crippen molar-refractivity contribution in [2.45, 2.75) is 17.6 Å². The lowest BCUT2D eigenvalue weighted by Gasteiger charge is -2.24. The van der Waals surface area contributed by atoms with E-state index in [1.807, 2.05) is 13.0 Å². The Labute approximate surface area is 224 Å². The van der Waals surface area contributed by atoms with E-state index in [-0.39, 0.29) is 10.6 Å². The van der Waals surface area contributed by atoms with Crippen molar-refractivity contribution in [1.29, 1.82) is 0 Å². The molecule has 0 heterocycles. The Morgan fingerprint density at radius 1 is 1.06 bits per heavy atom. The van der Waals surface area contributed by atoms with Crippen LogP contribution in [0.25, 0.3) is 0 Å². The molecule has 1 N–H and O–H groups in total. The molecule has 3 rings (SSSR count). The van der Waals surface area contributed by atoms with Gasteiger partial charge >= 0.3 is 0 Å². The smallest absolute Gasteiger partial charge is 0.264 e. The molecule has 6 nitrogen and oxygen atoms in total. The van der Waals surface area contributed by atoms with Crippen LogP contribution in [0.5, 0.6) is 5.75 Å². The molecular formula is C25H25Cl2FN2O4S2. The number of benzene rings is 3. The first kappa shape index (κ1) is 28.1. The number of anilines is 1. The van der Waals surface area contributed by atoms with Crippen LogP contribution in [0.15, 0.2) is 71.6 Å². The quantitative estimate of drug-likeness (QED) is 0.279. The summed E-state index contributed by atoms with van der Waals surface area (Å²) < 4.78 is 46.5. The second-order valence-electron chi connectivity index (χ2n) is 7.53. The van der Waals surface area contributed by atoms with Crippen LogP contribution in [0.2, 0.25) is 10.0 Å². The van der Waals surface area contributed by atoms with Crippen molar-refractivity contribution in [2.75, 3.05) is 29.8 Å². The fraction of sp³-hybridized carbons (Fsp3) is 0.240. The van der Waals surface area contributed by atoms with E-state index in [1.54, 1.807) is 48.2 Å². The number of halogens is 3. The van der Waals surface area contributed by atoms with E-state index >= 15 is 0 Å². The summed E-state index contributed by atoms with van der Waals surface area (Å²) in [6.45, 7) is 2.19. The summed E-state index contributed by atoms with van der Waals surface area (Å²) in [7, 11) is -4.14. The zero-order valence-corrected chi connectivity index (χ0v) is 22.6. The zero-order valence-electron chi connectivity index (χ0n) is 19.4. The van der Waals surface area contributed by atoms with E-state index in [0.717, 1.165) is 22.0 Å². The van der Waals surface area contributed by atoms with Crippen molar-refractivity contribution < 1.29 is 22.3 Å². The van der Waals surface area contributed by atoms with Gasteiger partial charge in [-0.2, -0.15) is 11.8 Å². The Hall–Kier alpha value is -2.46. The maximum atomic E-state index is 13.4. The van der Waals surface area contributed by atoms with Crippen molar-refractivity contribution in [1.82, 2.24) is 5.32 Å². The molecular weight excluding hydrogens is 546 g/mol. The third-order valence-electron chi connectivity index (χ3n) is 4.97. The molecule has 36 heavy (non-hydrogen) atoms. The Balaban J connectivity index is 1.66. The van der Waals surface area contributed by atoms with Gasteiger partial charge in [-0.25, -0.2) is 12.8 Å². The first-order chi connectivity index (χ1) is 17.2. The normalized spacial score (nSPS) is 11.2. The predicted octanol–water partition coefficient (Wildman–Crippen LogP) is 5.78. The second-order valence-corrected chi connectivity index (χ2v) is 11.3. The molecule has 0 aliphatic carbocycles. The van der Waals surface area contributed by atoms with Crippen molar-refractivity contribution in [3.8, 4) is 5.75 Å². The summed E-state index contributed by atoms with van der Waals surface area (Å²) in [5.41, 5.74) is 1.22. The summed E-state index contributed by atoms with van der Waals surface area (Å²) in [6.07, 6.45) is 0. The maximum absolute atomic E-state index is 13.4. The standard InChI is InChI=1S/C25H25Cl2FN2O4S2/c1-2-34-22-9-7-21(8-10-22)30(36(32,33)23-11-5-20(28)6-12-23)16-25(31)29-13-14-35-17-18-3-4-19(26)15-24(18)27/h3-12,15H,2,13-14,16-17H2,1H3,(H,29,31). The summed E-state index contributed by atoms with van der Waals surface area (Å²) in [6, 6.07) is 16.1. The molecule has 0 aromatic heterocycles. The molecule has 11 heteroatoms. The van der Waals surface area contributed by atoms with Gasteiger partial charge in [0.25, 0.3) is 10.0 Å². The van der Waals surface area contributed by atoms with Gasteiger partial charge in [0, 0.05) is 28.1 Å². The second kappa shape index (κ2) is 13.2. The van der Waals surface area contributed by atoms with E-state index in [1.165, 1.54) is 12.1 Å². The minimum Gasteiger partial charge on any atom is -0.494 e. The predicted molar refractivity (Wildman–Crippen MR) is 144 cm³/mol. The van der Waals surface area contributed by atoms with Gasteiger partial charge in [-0.1, -0.05) is 29.3 Å². The van der Waals surface area contributed by atoms with Crippen LogP contribution < -0.4 is 14.4 Å². The molecule has 0 bridgehead atoms. The number of ether oxygens (including phenoxy) is 1. The molecule has 0 aliphatic heterocycles. The summed E-state index contributed by atoms with van der Waals surface area (Å²) >= 11 is 13.7. The van der Waals surface area contributed by atoms with Gasteiger partial charge in [0.1, 0.15) is 18.1 Å². The third kappa shape index (κ3) is 7.77. The lowest BCUT2D eigenvalue weighted by atomic mass is 10.2. The van der Waals surface area contributed by atoms with Crippen molar-refractivity contribution in [3.05, 3.63) is 88.2 Å². The SMILES string of the molecule is CCOc1ccc(N(CC(=O)NCCSCc2ccc(Cl)cc2Cl)S(=O)(=O)c2ccc(F)cc2)cc1. The highest BCUT2D eigenvalue weighted by Crippen LogP contribution is 2.27. The Bertz CT molecular complexity index is 1270. The molecule has 0 saturated carbocycles. The van der Waals surface area contributed by atoms with Gasteiger partial charge in [-0.05, 0) is 73.2 Å². The molecule has 0 atom stereocenters. The molecule has 1 amide bonds. The third-order valence-corrected chi connectivity index (χ3v) is 8.35. The van der Waals surface area contributed by atoms with E-state index in [0.29, 0.717) is 40.5 Å². The molecule has 0 spiro atoms. The van der Waals surface area contributed by atoms with E-state index < -0.39 is 28.3 Å². The van der Waals surface area contributed by atoms with E-state index in [9.17, 15) is 17.6 Å². The number of carbonyl (C=O) groups excluding carboxylic acids is 1.